The van der Waals surface area contributed by atoms with Gasteiger partial charge < -0.3 is 5.32 Å². The highest BCUT2D eigenvalue weighted by Crippen LogP contribution is 2.26. The Morgan fingerprint density at radius 1 is 1.44 bits per heavy atom. The van der Waals surface area contributed by atoms with Crippen molar-refractivity contribution in [3.05, 3.63) is 16.3 Å². The van der Waals surface area contributed by atoms with Gasteiger partial charge in [-0.2, -0.15) is 4.31 Å². The normalized spacial score (nSPS) is 14.1. The molecule has 0 amide bonds. The summed E-state index contributed by atoms with van der Waals surface area (Å²) in [5, 5.41) is 4.85. The van der Waals surface area contributed by atoms with E-state index in [1.165, 1.54) is 11.3 Å². The fraction of sp³-hybridized carbons (Fsp3) is 0.667. The van der Waals surface area contributed by atoms with Crippen LogP contribution in [0.15, 0.2) is 16.3 Å². The number of nitrogens with one attached hydrogen (secondary N) is 1. The summed E-state index contributed by atoms with van der Waals surface area (Å²) in [5.74, 6) is 0. The largest absolute Gasteiger partial charge is 0.315 e. The van der Waals surface area contributed by atoms with E-state index in [4.69, 9.17) is 0 Å². The summed E-state index contributed by atoms with van der Waals surface area (Å²) in [4.78, 5) is 1.32. The molecule has 18 heavy (non-hydrogen) atoms. The standard InChI is InChI=1S/C12H22N2O2S2/c1-5-10(3)14(6-2)18(15,16)12-7-8-17-11(12)9-13-4/h7-8,10,13H,5-6,9H2,1-4H3. The zero-order valence-electron chi connectivity index (χ0n) is 11.4. The fourth-order valence-corrected chi connectivity index (χ4v) is 5.04. The maximum Gasteiger partial charge on any atom is 0.244 e. The molecule has 4 nitrogen and oxygen atoms in total. The topological polar surface area (TPSA) is 49.4 Å². The van der Waals surface area contributed by atoms with E-state index in [0.29, 0.717) is 18.0 Å². The lowest BCUT2D eigenvalue weighted by Gasteiger charge is -2.26. The molecule has 1 aromatic heterocycles. The summed E-state index contributed by atoms with van der Waals surface area (Å²) in [7, 11) is -1.55. The Bertz CT molecular complexity index is 468. The first-order chi connectivity index (χ1) is 8.48. The van der Waals surface area contributed by atoms with Crippen LogP contribution in [0.1, 0.15) is 32.1 Å². The smallest absolute Gasteiger partial charge is 0.244 e. The Balaban J connectivity index is 3.15. The molecule has 1 aromatic rings. The number of rotatable bonds is 7. The first-order valence-electron chi connectivity index (χ1n) is 6.21. The van der Waals surface area contributed by atoms with Crippen molar-refractivity contribution < 1.29 is 8.42 Å². The van der Waals surface area contributed by atoms with Crippen LogP contribution in [-0.2, 0) is 16.6 Å². The molecule has 1 rings (SSSR count). The van der Waals surface area contributed by atoms with Crippen LogP contribution in [0.25, 0.3) is 0 Å². The van der Waals surface area contributed by atoms with Gasteiger partial charge in [-0.1, -0.05) is 13.8 Å². The molecule has 0 spiro atoms. The zero-order chi connectivity index (χ0) is 13.8. The highest BCUT2D eigenvalue weighted by atomic mass is 32.2. The fourth-order valence-electron chi connectivity index (χ4n) is 1.90. The average Bonchev–Trinajstić information content (AvgIpc) is 2.78. The van der Waals surface area contributed by atoms with Gasteiger partial charge in [0.25, 0.3) is 0 Å². The molecule has 1 heterocycles. The number of hydrogen-bond donors (Lipinski definition) is 1. The zero-order valence-corrected chi connectivity index (χ0v) is 13.1. The molecule has 0 aromatic carbocycles. The number of thiophene rings is 1. The van der Waals surface area contributed by atoms with Gasteiger partial charge in [0.05, 0.1) is 4.90 Å². The Kier molecular flexibility index (Phi) is 5.78. The Morgan fingerprint density at radius 2 is 2.11 bits per heavy atom. The third-order valence-corrected chi connectivity index (χ3v) is 6.25. The minimum atomic E-state index is -3.37. The predicted molar refractivity (Wildman–Crippen MR) is 76.4 cm³/mol. The van der Waals surface area contributed by atoms with Crippen LogP contribution in [0.4, 0.5) is 0 Å². The molecule has 0 radical (unpaired) electrons. The third-order valence-electron chi connectivity index (χ3n) is 3.02. The summed E-state index contributed by atoms with van der Waals surface area (Å²) in [5.41, 5.74) is 0. The lowest BCUT2D eigenvalue weighted by Crippen LogP contribution is -2.38. The molecular formula is C12H22N2O2S2. The van der Waals surface area contributed by atoms with Crippen molar-refractivity contribution in [1.29, 1.82) is 0 Å². The molecule has 1 atom stereocenters. The molecule has 0 aliphatic rings. The van der Waals surface area contributed by atoms with Crippen LogP contribution in [0.3, 0.4) is 0 Å². The van der Waals surface area contributed by atoms with E-state index in [1.807, 2.05) is 33.2 Å². The highest BCUT2D eigenvalue weighted by Gasteiger charge is 2.29. The lowest BCUT2D eigenvalue weighted by molar-refractivity contribution is 0.342. The first-order valence-corrected chi connectivity index (χ1v) is 8.53. The average molecular weight is 290 g/mol. The summed E-state index contributed by atoms with van der Waals surface area (Å²) < 4.78 is 26.8. The quantitative estimate of drug-likeness (QED) is 0.838. The van der Waals surface area contributed by atoms with Gasteiger partial charge in [0, 0.05) is 24.0 Å². The second-order valence-electron chi connectivity index (χ2n) is 4.20. The number of nitrogens with zero attached hydrogens (tertiary/aromatic N) is 1. The molecule has 0 aliphatic heterocycles. The molecule has 0 saturated heterocycles. The summed E-state index contributed by atoms with van der Waals surface area (Å²) in [6.07, 6.45) is 0.818. The minimum Gasteiger partial charge on any atom is -0.315 e. The molecule has 1 N–H and O–H groups in total. The van der Waals surface area contributed by atoms with E-state index >= 15 is 0 Å². The maximum absolute atomic E-state index is 12.6. The third kappa shape index (κ3) is 3.12. The van der Waals surface area contributed by atoms with Gasteiger partial charge in [-0.05, 0) is 31.8 Å². The van der Waals surface area contributed by atoms with Crippen LogP contribution in [-0.4, -0.2) is 32.4 Å². The summed E-state index contributed by atoms with van der Waals surface area (Å²) in [6.45, 7) is 6.93. The SMILES string of the molecule is CCC(C)N(CC)S(=O)(=O)c1ccsc1CNC. The molecule has 0 fully saturated rings. The van der Waals surface area contributed by atoms with E-state index in [1.54, 1.807) is 10.4 Å². The summed E-state index contributed by atoms with van der Waals surface area (Å²) >= 11 is 1.48. The number of sulfonamides is 1. The monoisotopic (exact) mass is 290 g/mol. The molecular weight excluding hydrogens is 268 g/mol. The second-order valence-corrected chi connectivity index (χ2v) is 7.06. The van der Waals surface area contributed by atoms with Gasteiger partial charge in [-0.25, -0.2) is 8.42 Å². The first kappa shape index (κ1) is 15.6. The van der Waals surface area contributed by atoms with Crippen LogP contribution in [0, 0.1) is 0 Å². The van der Waals surface area contributed by atoms with E-state index in [0.717, 1.165) is 11.3 Å². The van der Waals surface area contributed by atoms with Crippen molar-refractivity contribution in [2.24, 2.45) is 0 Å². The van der Waals surface area contributed by atoms with Gasteiger partial charge >= 0.3 is 0 Å². The molecule has 1 unspecified atom stereocenters. The number of hydrogen-bond acceptors (Lipinski definition) is 4. The van der Waals surface area contributed by atoms with E-state index in [2.05, 4.69) is 5.32 Å². The van der Waals surface area contributed by atoms with E-state index < -0.39 is 10.0 Å². The van der Waals surface area contributed by atoms with Gasteiger partial charge in [-0.15, -0.1) is 11.3 Å². The lowest BCUT2D eigenvalue weighted by atomic mass is 10.3. The Morgan fingerprint density at radius 3 is 2.61 bits per heavy atom. The van der Waals surface area contributed by atoms with Crippen LogP contribution in [0.2, 0.25) is 0 Å². The van der Waals surface area contributed by atoms with Crippen molar-refractivity contribution in [3.8, 4) is 0 Å². The van der Waals surface area contributed by atoms with Crippen LogP contribution < -0.4 is 5.32 Å². The van der Waals surface area contributed by atoms with Crippen LogP contribution in [0.5, 0.6) is 0 Å². The van der Waals surface area contributed by atoms with Gasteiger partial charge in [0.2, 0.25) is 10.0 Å². The Hall–Kier alpha value is -0.430. The van der Waals surface area contributed by atoms with Crippen molar-refractivity contribution in [2.45, 2.75) is 44.7 Å². The Labute approximate surface area is 114 Å². The van der Waals surface area contributed by atoms with Crippen molar-refractivity contribution in [2.75, 3.05) is 13.6 Å². The molecule has 0 saturated carbocycles. The van der Waals surface area contributed by atoms with E-state index in [-0.39, 0.29) is 6.04 Å². The van der Waals surface area contributed by atoms with Gasteiger partial charge in [0.15, 0.2) is 0 Å². The molecule has 0 bridgehead atoms. The minimum absolute atomic E-state index is 0.0299. The molecule has 6 heteroatoms. The maximum atomic E-state index is 12.6. The van der Waals surface area contributed by atoms with Crippen molar-refractivity contribution in [3.63, 3.8) is 0 Å². The molecule has 0 aliphatic carbocycles. The van der Waals surface area contributed by atoms with Crippen molar-refractivity contribution >= 4 is 21.4 Å². The van der Waals surface area contributed by atoms with Gasteiger partial charge in [-0.3, -0.25) is 0 Å². The van der Waals surface area contributed by atoms with Gasteiger partial charge in [0.1, 0.15) is 0 Å². The van der Waals surface area contributed by atoms with E-state index in [9.17, 15) is 8.42 Å². The molecule has 104 valence electrons. The van der Waals surface area contributed by atoms with Crippen LogP contribution >= 0.6 is 11.3 Å². The summed E-state index contributed by atoms with van der Waals surface area (Å²) in [6, 6.07) is 1.74. The highest BCUT2D eigenvalue weighted by molar-refractivity contribution is 7.89. The predicted octanol–water partition coefficient (Wildman–Crippen LogP) is 2.28. The second kappa shape index (κ2) is 6.65. The van der Waals surface area contributed by atoms with Crippen molar-refractivity contribution in [1.82, 2.24) is 9.62 Å².